The monoisotopic (exact) mass is 365 g/mol. The van der Waals surface area contributed by atoms with Gasteiger partial charge >= 0.3 is 5.97 Å². The molecule has 140 valence electrons. The molecule has 0 aliphatic carbocycles. The zero-order valence-electron chi connectivity index (χ0n) is 15.4. The van der Waals surface area contributed by atoms with Gasteiger partial charge in [0.15, 0.2) is 5.76 Å². The molecule has 0 saturated carbocycles. The van der Waals surface area contributed by atoms with Crippen LogP contribution >= 0.6 is 0 Å². The molecule has 27 heavy (non-hydrogen) atoms. The molecule has 5 nitrogen and oxygen atoms in total. The first-order chi connectivity index (χ1) is 13.2. The Kier molecular flexibility index (Phi) is 6.26. The molecule has 0 bridgehead atoms. The maximum absolute atomic E-state index is 10.9. The van der Waals surface area contributed by atoms with Crippen LogP contribution in [-0.4, -0.2) is 22.7 Å². The molecule has 1 N–H and O–H groups in total. The number of carbonyl (C=O) groups is 1. The molecule has 0 amide bonds. The Labute approximate surface area is 158 Å². The highest BCUT2D eigenvalue weighted by atomic mass is 16.5. The summed E-state index contributed by atoms with van der Waals surface area (Å²) < 4.78 is 11.6. The minimum absolute atomic E-state index is 0.232. The van der Waals surface area contributed by atoms with Crippen molar-refractivity contribution < 1.29 is 19.1 Å². The summed E-state index contributed by atoms with van der Waals surface area (Å²) in [7, 11) is 0. The van der Waals surface area contributed by atoms with Crippen molar-refractivity contribution in [2.45, 2.75) is 32.6 Å². The maximum Gasteiger partial charge on any atom is 0.335 e. The van der Waals surface area contributed by atoms with Crippen molar-refractivity contribution in [3.05, 3.63) is 60.3 Å². The number of benzene rings is 2. The largest absolute Gasteiger partial charge is 0.494 e. The summed E-state index contributed by atoms with van der Waals surface area (Å²) in [6.45, 7) is 2.93. The van der Waals surface area contributed by atoms with Crippen LogP contribution in [0.4, 0.5) is 0 Å². The molecule has 5 heteroatoms. The predicted molar refractivity (Wildman–Crippen MR) is 104 cm³/mol. The first-order valence-electron chi connectivity index (χ1n) is 9.20. The summed E-state index contributed by atoms with van der Waals surface area (Å²) >= 11 is 0. The summed E-state index contributed by atoms with van der Waals surface area (Å²) in [6.07, 6.45) is 6.40. The lowest BCUT2D eigenvalue weighted by molar-refractivity contribution is 0.0697. The van der Waals surface area contributed by atoms with Gasteiger partial charge in [0, 0.05) is 11.1 Å². The van der Waals surface area contributed by atoms with E-state index in [0.717, 1.165) is 29.9 Å². The van der Waals surface area contributed by atoms with Crippen molar-refractivity contribution in [1.82, 2.24) is 4.98 Å². The molecule has 3 rings (SSSR count). The van der Waals surface area contributed by atoms with Crippen LogP contribution in [0.2, 0.25) is 0 Å². The van der Waals surface area contributed by atoms with E-state index in [2.05, 4.69) is 11.9 Å². The Hall–Kier alpha value is -3.08. The first kappa shape index (κ1) is 18.7. The van der Waals surface area contributed by atoms with Crippen molar-refractivity contribution in [2.24, 2.45) is 0 Å². The molecule has 0 aliphatic heterocycles. The third-order valence-electron chi connectivity index (χ3n) is 4.29. The first-order valence-corrected chi connectivity index (χ1v) is 9.20. The Morgan fingerprint density at radius 2 is 1.70 bits per heavy atom. The number of aromatic carboxylic acids is 1. The predicted octanol–water partition coefficient (Wildman–Crippen LogP) is 5.67. The van der Waals surface area contributed by atoms with Crippen molar-refractivity contribution in [3.8, 4) is 28.5 Å². The number of oxazole rings is 1. The van der Waals surface area contributed by atoms with E-state index in [9.17, 15) is 4.79 Å². The number of nitrogens with zero attached hydrogens (tertiary/aromatic N) is 1. The van der Waals surface area contributed by atoms with E-state index in [-0.39, 0.29) is 5.56 Å². The standard InChI is InChI=1S/C22H23NO4/c1-2-3-4-5-14-26-19-12-10-16(11-13-19)20-15-23-21(27-20)17-6-8-18(9-7-17)22(24)25/h6-13,15H,2-5,14H2,1H3,(H,24,25). The number of unbranched alkanes of at least 4 members (excludes halogenated alkanes) is 3. The van der Waals surface area contributed by atoms with Gasteiger partial charge in [-0.2, -0.15) is 0 Å². The van der Waals surface area contributed by atoms with Crippen LogP contribution in [0.25, 0.3) is 22.8 Å². The van der Waals surface area contributed by atoms with Crippen molar-refractivity contribution >= 4 is 5.97 Å². The van der Waals surface area contributed by atoms with E-state index < -0.39 is 5.97 Å². The average molecular weight is 365 g/mol. The molecule has 0 aliphatic rings. The Bertz CT molecular complexity index is 866. The zero-order chi connectivity index (χ0) is 19.1. The van der Waals surface area contributed by atoms with Crippen LogP contribution in [0, 0.1) is 0 Å². The Morgan fingerprint density at radius 3 is 2.37 bits per heavy atom. The number of carboxylic acid groups (broad SMARTS) is 1. The zero-order valence-corrected chi connectivity index (χ0v) is 15.4. The lowest BCUT2D eigenvalue weighted by atomic mass is 10.1. The minimum atomic E-state index is -0.956. The molecule has 1 aromatic heterocycles. The smallest absolute Gasteiger partial charge is 0.335 e. The fourth-order valence-corrected chi connectivity index (χ4v) is 2.73. The quantitative estimate of drug-likeness (QED) is 0.495. The average Bonchev–Trinajstić information content (AvgIpc) is 3.18. The van der Waals surface area contributed by atoms with E-state index in [0.29, 0.717) is 11.7 Å². The van der Waals surface area contributed by atoms with E-state index in [4.69, 9.17) is 14.3 Å². The highest BCUT2D eigenvalue weighted by Gasteiger charge is 2.10. The second-order valence-electron chi connectivity index (χ2n) is 6.35. The fourth-order valence-electron chi connectivity index (χ4n) is 2.73. The third-order valence-corrected chi connectivity index (χ3v) is 4.29. The molecule has 0 spiro atoms. The number of ether oxygens (including phenoxy) is 1. The normalized spacial score (nSPS) is 10.7. The maximum atomic E-state index is 10.9. The van der Waals surface area contributed by atoms with Gasteiger partial charge in [0.25, 0.3) is 0 Å². The van der Waals surface area contributed by atoms with Crippen LogP contribution in [0.5, 0.6) is 5.75 Å². The second-order valence-corrected chi connectivity index (χ2v) is 6.35. The van der Waals surface area contributed by atoms with Gasteiger partial charge in [0.2, 0.25) is 5.89 Å². The molecule has 0 unspecified atom stereocenters. The molecule has 0 atom stereocenters. The molecule has 0 radical (unpaired) electrons. The van der Waals surface area contributed by atoms with Gasteiger partial charge in [-0.05, 0) is 55.0 Å². The van der Waals surface area contributed by atoms with Gasteiger partial charge in [-0.15, -0.1) is 0 Å². The van der Waals surface area contributed by atoms with Crippen LogP contribution < -0.4 is 4.74 Å². The molecule has 2 aromatic carbocycles. The van der Waals surface area contributed by atoms with Crippen LogP contribution in [-0.2, 0) is 0 Å². The third kappa shape index (κ3) is 4.97. The molecular formula is C22H23NO4. The fraction of sp³-hybridized carbons (Fsp3) is 0.273. The van der Waals surface area contributed by atoms with E-state index in [1.807, 2.05) is 24.3 Å². The molecule has 0 saturated heterocycles. The van der Waals surface area contributed by atoms with E-state index in [1.54, 1.807) is 18.3 Å². The number of rotatable bonds is 9. The summed E-state index contributed by atoms with van der Waals surface area (Å²) in [6, 6.07) is 14.2. The van der Waals surface area contributed by atoms with Crippen LogP contribution in [0.1, 0.15) is 43.0 Å². The number of carboxylic acids is 1. The number of aromatic nitrogens is 1. The van der Waals surface area contributed by atoms with Crippen molar-refractivity contribution in [3.63, 3.8) is 0 Å². The molecule has 1 heterocycles. The molecular weight excluding hydrogens is 342 g/mol. The van der Waals surface area contributed by atoms with Crippen molar-refractivity contribution in [1.29, 1.82) is 0 Å². The van der Waals surface area contributed by atoms with Gasteiger partial charge in [-0.3, -0.25) is 0 Å². The SMILES string of the molecule is CCCCCCOc1ccc(-c2cnc(-c3ccc(C(=O)O)cc3)o2)cc1. The molecule has 3 aromatic rings. The minimum Gasteiger partial charge on any atom is -0.494 e. The lowest BCUT2D eigenvalue weighted by Gasteiger charge is -2.06. The van der Waals surface area contributed by atoms with E-state index >= 15 is 0 Å². The highest BCUT2D eigenvalue weighted by molar-refractivity contribution is 5.88. The highest BCUT2D eigenvalue weighted by Crippen LogP contribution is 2.27. The molecule has 0 fully saturated rings. The lowest BCUT2D eigenvalue weighted by Crippen LogP contribution is -1.96. The number of hydrogen-bond donors (Lipinski definition) is 1. The van der Waals surface area contributed by atoms with Gasteiger partial charge in [0.05, 0.1) is 18.4 Å². The topological polar surface area (TPSA) is 72.6 Å². The van der Waals surface area contributed by atoms with Gasteiger partial charge in [0.1, 0.15) is 5.75 Å². The summed E-state index contributed by atoms with van der Waals surface area (Å²) in [5.74, 6) is 1.00. The van der Waals surface area contributed by atoms with E-state index in [1.165, 1.54) is 31.4 Å². The Morgan fingerprint density at radius 1 is 1.00 bits per heavy atom. The Balaban J connectivity index is 1.63. The summed E-state index contributed by atoms with van der Waals surface area (Å²) in [5, 5.41) is 8.96. The van der Waals surface area contributed by atoms with Gasteiger partial charge in [-0.1, -0.05) is 26.2 Å². The van der Waals surface area contributed by atoms with Gasteiger partial charge < -0.3 is 14.3 Å². The summed E-state index contributed by atoms with van der Waals surface area (Å²) in [4.78, 5) is 15.2. The van der Waals surface area contributed by atoms with Crippen LogP contribution in [0.15, 0.2) is 59.1 Å². The van der Waals surface area contributed by atoms with Crippen LogP contribution in [0.3, 0.4) is 0 Å². The number of hydrogen-bond acceptors (Lipinski definition) is 4. The van der Waals surface area contributed by atoms with Gasteiger partial charge in [-0.25, -0.2) is 9.78 Å². The second kappa shape index (κ2) is 9.03. The summed E-state index contributed by atoms with van der Waals surface area (Å²) in [5.41, 5.74) is 1.88. The van der Waals surface area contributed by atoms with Crippen molar-refractivity contribution in [2.75, 3.05) is 6.61 Å².